The smallest absolute Gasteiger partial charge is 0.656 e. The van der Waals surface area contributed by atoms with E-state index in [0.717, 1.165) is 90.4 Å². The Morgan fingerprint density at radius 2 is 0.648 bits per heavy atom. The molecule has 2 aliphatic rings. The molecule has 13 heteroatoms. The van der Waals surface area contributed by atoms with Gasteiger partial charge in [-0.2, -0.15) is 0 Å². The molecular formula is C41H44MnN12+5. The zero-order valence-corrected chi connectivity index (χ0v) is 32.2. The van der Waals surface area contributed by atoms with Crippen LogP contribution >= 0.6 is 0 Å². The maximum atomic E-state index is 5.40. The summed E-state index contributed by atoms with van der Waals surface area (Å²) in [5.41, 5.74) is 10.4. The summed E-state index contributed by atoms with van der Waals surface area (Å²) in [5.74, 6) is 3.96. The summed E-state index contributed by atoms with van der Waals surface area (Å²) < 4.78 is 17.0. The fourth-order valence-electron chi connectivity index (χ4n) is 7.77. The van der Waals surface area contributed by atoms with Crippen LogP contribution in [0, 0.1) is 0 Å². The number of aromatic nitrogens is 12. The predicted octanol–water partition coefficient (Wildman–Crippen LogP) is 3.87. The third-order valence-corrected chi connectivity index (χ3v) is 10.2. The van der Waals surface area contributed by atoms with Crippen molar-refractivity contribution in [1.29, 1.82) is 0 Å². The first kappa shape index (κ1) is 36.3. The Morgan fingerprint density at radius 1 is 0.426 bits per heavy atom. The topological polar surface area (TPSA) is 89.2 Å². The van der Waals surface area contributed by atoms with Crippen molar-refractivity contribution >= 4 is 46.4 Å². The molecule has 7 aromatic rings. The first-order chi connectivity index (χ1) is 25.1. The fourth-order valence-corrected chi connectivity index (χ4v) is 7.77. The van der Waals surface area contributed by atoms with E-state index in [9.17, 15) is 0 Å². The van der Waals surface area contributed by atoms with Gasteiger partial charge in [-0.3, -0.25) is 0 Å². The Bertz CT molecular complexity index is 2390. The number of hydrogen-bond acceptors (Lipinski definition) is 2. The molecule has 0 amide bonds. The van der Waals surface area contributed by atoms with Crippen molar-refractivity contribution in [2.45, 2.75) is 7.43 Å². The number of imidazole rings is 4. The standard InChI is InChI=1S/C40H40N12.CH4.Mn/c1-45-17-18-46(2)37(45)33-25-9-11-27(41-25)34(38-47(3)19-20-48(38)4)29-13-15-31(43-29)36(40-51(7)23-24-52(40)8)32-16-14-30(44-32)35(28-12-10-26(33)42-28)39-49(5)21-22-50(39)6;;/h9-24H,1-8H3;1H4;/q+2;;+3. The molecule has 0 saturated carbocycles. The van der Waals surface area contributed by atoms with Gasteiger partial charge in [-0.05, 0) is 24.3 Å². The molecule has 2 aliphatic heterocycles. The quantitative estimate of drug-likeness (QED) is 0.202. The van der Waals surface area contributed by atoms with Gasteiger partial charge in [-0.25, -0.2) is 46.5 Å². The summed E-state index contributed by atoms with van der Waals surface area (Å²) in [4.78, 5) is 21.6. The van der Waals surface area contributed by atoms with Crippen LogP contribution in [0.5, 0.6) is 0 Å². The van der Waals surface area contributed by atoms with Crippen LogP contribution in [0.1, 0.15) is 30.2 Å². The van der Waals surface area contributed by atoms with Crippen LogP contribution < -0.4 is 28.2 Å². The van der Waals surface area contributed by atoms with Gasteiger partial charge in [0.25, 0.3) is 23.3 Å². The van der Waals surface area contributed by atoms with E-state index in [2.05, 4.69) is 191 Å². The molecule has 0 spiro atoms. The van der Waals surface area contributed by atoms with E-state index in [1.165, 1.54) is 0 Å². The molecule has 7 aromatic heterocycles. The van der Waals surface area contributed by atoms with E-state index in [0.29, 0.717) is 0 Å². The maximum absolute atomic E-state index is 5.40. The molecule has 0 N–H and O–H groups in total. The van der Waals surface area contributed by atoms with Gasteiger partial charge in [0, 0.05) is 0 Å². The summed E-state index contributed by atoms with van der Waals surface area (Å²) >= 11 is 0. The van der Waals surface area contributed by atoms with Crippen LogP contribution in [0.15, 0.2) is 73.8 Å². The number of aryl methyl sites for hydroxylation is 8. The van der Waals surface area contributed by atoms with Gasteiger partial charge in [0.2, 0.25) is 0 Å². The first-order valence-electron chi connectivity index (χ1n) is 17.2. The van der Waals surface area contributed by atoms with Crippen LogP contribution in [0.4, 0.5) is 0 Å². The minimum atomic E-state index is 0. The van der Waals surface area contributed by atoms with E-state index in [1.54, 1.807) is 0 Å². The zero-order valence-electron chi connectivity index (χ0n) is 31.0. The molecular weight excluding hydrogens is 715 g/mol. The van der Waals surface area contributed by atoms with Crippen molar-refractivity contribution in [3.05, 3.63) is 96.6 Å². The summed E-state index contributed by atoms with van der Waals surface area (Å²) in [7, 11) is 16.5. The molecule has 0 fully saturated rings. The maximum Gasteiger partial charge on any atom is 3.00 e. The van der Waals surface area contributed by atoms with Gasteiger partial charge in [-0.15, -0.1) is 22.1 Å². The van der Waals surface area contributed by atoms with Gasteiger partial charge < -0.3 is 9.97 Å². The minimum Gasteiger partial charge on any atom is -0.656 e. The second-order valence-corrected chi connectivity index (χ2v) is 13.7. The van der Waals surface area contributed by atoms with Crippen molar-refractivity contribution in [3.8, 4) is 45.6 Å². The molecule has 54 heavy (non-hydrogen) atoms. The van der Waals surface area contributed by atoms with Gasteiger partial charge >= 0.3 is 17.1 Å². The molecule has 0 unspecified atom stereocenters. The molecule has 0 aliphatic carbocycles. The molecule has 270 valence electrons. The molecule has 0 atom stereocenters. The van der Waals surface area contributed by atoms with E-state index in [4.69, 9.17) is 19.9 Å². The van der Waals surface area contributed by atoms with E-state index >= 15 is 0 Å². The SMILES string of the molecule is C.Cn1cc[n+](C)c1-c1c2nc(c(-c3n(C)cc[n+]3C)c3ccc([n-]3)c(-c3n(C)cc[n+]3C)c3nc(c(-c4n(C)cc[n+]4C)c4ccc1[n-]4)C=C3)C=C2.[Mn+3]. The molecule has 0 radical (unpaired) electrons. The minimum absolute atomic E-state index is 0. The van der Waals surface area contributed by atoms with Crippen LogP contribution in [-0.2, 0) is 73.5 Å². The third-order valence-electron chi connectivity index (χ3n) is 10.2. The van der Waals surface area contributed by atoms with Crippen molar-refractivity contribution in [2.24, 2.45) is 56.4 Å². The Labute approximate surface area is 324 Å². The second-order valence-electron chi connectivity index (χ2n) is 13.7. The van der Waals surface area contributed by atoms with Gasteiger partial charge in [0.05, 0.1) is 101 Å². The Balaban J connectivity index is 0.00000225. The molecule has 12 nitrogen and oxygen atoms in total. The summed E-state index contributed by atoms with van der Waals surface area (Å²) in [6.07, 6.45) is 24.9. The molecule has 8 bridgehead atoms. The summed E-state index contributed by atoms with van der Waals surface area (Å²) in [6.45, 7) is 0. The summed E-state index contributed by atoms with van der Waals surface area (Å²) in [5, 5.41) is 0. The molecule has 0 aromatic carbocycles. The Hall–Kier alpha value is -6.04. The zero-order chi connectivity index (χ0) is 36.0. The van der Waals surface area contributed by atoms with Crippen LogP contribution in [0.3, 0.4) is 0 Å². The van der Waals surface area contributed by atoms with Gasteiger partial charge in [0.15, 0.2) is 0 Å². The van der Waals surface area contributed by atoms with Crippen LogP contribution in [0.25, 0.3) is 91.9 Å². The van der Waals surface area contributed by atoms with Crippen LogP contribution in [0.2, 0.25) is 0 Å². The normalized spacial score (nSPS) is 12.0. The number of rotatable bonds is 4. The van der Waals surface area contributed by atoms with Crippen molar-refractivity contribution < 1.29 is 35.3 Å². The van der Waals surface area contributed by atoms with Crippen molar-refractivity contribution in [1.82, 2.24) is 38.2 Å². The Morgan fingerprint density at radius 3 is 0.833 bits per heavy atom. The molecule has 9 heterocycles. The van der Waals surface area contributed by atoms with E-state index in [1.807, 2.05) is 0 Å². The Kier molecular flexibility index (Phi) is 9.03. The number of hydrogen-bond donors (Lipinski definition) is 0. The number of fused-ring (bicyclic) bond motifs is 8. The average Bonchev–Trinajstić information content (AvgIpc) is 3.98. The fraction of sp³-hybridized carbons (Fsp3) is 0.220. The first-order valence-corrected chi connectivity index (χ1v) is 17.2. The van der Waals surface area contributed by atoms with Gasteiger partial charge in [-0.1, -0.05) is 31.7 Å². The number of nitrogens with zero attached hydrogens (tertiary/aromatic N) is 12. The van der Waals surface area contributed by atoms with E-state index in [-0.39, 0.29) is 24.5 Å². The van der Waals surface area contributed by atoms with E-state index < -0.39 is 0 Å². The third kappa shape index (κ3) is 5.50. The van der Waals surface area contributed by atoms with Crippen molar-refractivity contribution in [3.63, 3.8) is 0 Å². The average molecular weight is 760 g/mol. The van der Waals surface area contributed by atoms with Crippen LogP contribution in [-0.4, -0.2) is 28.2 Å². The molecule has 0 saturated heterocycles. The molecule has 9 rings (SSSR count). The predicted molar refractivity (Wildman–Crippen MR) is 206 cm³/mol. The largest absolute Gasteiger partial charge is 3.00 e. The summed E-state index contributed by atoms with van der Waals surface area (Å²) in [6, 6.07) is 8.41. The van der Waals surface area contributed by atoms with Crippen molar-refractivity contribution in [2.75, 3.05) is 0 Å². The monoisotopic (exact) mass is 759 g/mol. The van der Waals surface area contributed by atoms with Gasteiger partial charge in [0.1, 0.15) is 49.6 Å². The second kappa shape index (κ2) is 13.4.